The number of hydrogen-bond acceptors (Lipinski definition) is 4. The van der Waals surface area contributed by atoms with Crippen LogP contribution >= 0.6 is 0 Å². The molecule has 0 saturated carbocycles. The zero-order valence-electron chi connectivity index (χ0n) is 12.2. The number of likely N-dealkylation sites (N-methyl/N-ethyl adjacent to an activating group) is 1. The molecule has 21 heavy (non-hydrogen) atoms. The fraction of sp³-hybridized carbons (Fsp3) is 0.294. The van der Waals surface area contributed by atoms with Crippen LogP contribution in [0.5, 0.6) is 5.75 Å². The molecule has 4 nitrogen and oxygen atoms in total. The highest BCUT2D eigenvalue weighted by Gasteiger charge is 2.03. The number of nitrogens with zero attached hydrogens (tertiary/aromatic N) is 1. The molecule has 110 valence electrons. The quantitative estimate of drug-likeness (QED) is 0.825. The van der Waals surface area contributed by atoms with Crippen molar-refractivity contribution in [1.82, 2.24) is 4.90 Å². The molecule has 1 heterocycles. The van der Waals surface area contributed by atoms with Crippen LogP contribution in [-0.2, 0) is 6.54 Å². The van der Waals surface area contributed by atoms with Gasteiger partial charge in [-0.1, -0.05) is 17.9 Å². The predicted octanol–water partition coefficient (Wildman–Crippen LogP) is 2.10. The van der Waals surface area contributed by atoms with E-state index in [2.05, 4.69) is 16.7 Å². The van der Waals surface area contributed by atoms with Crippen LogP contribution in [-0.4, -0.2) is 31.6 Å². The van der Waals surface area contributed by atoms with E-state index in [1.54, 1.807) is 6.26 Å². The summed E-state index contributed by atoms with van der Waals surface area (Å²) in [5.74, 6) is 7.61. The summed E-state index contributed by atoms with van der Waals surface area (Å²) in [6.07, 6.45) is 1.69. The second-order valence-corrected chi connectivity index (χ2v) is 4.70. The Hall–Kier alpha value is -2.22. The van der Waals surface area contributed by atoms with Gasteiger partial charge in [-0.2, -0.15) is 0 Å². The summed E-state index contributed by atoms with van der Waals surface area (Å²) in [4.78, 5) is 2.15. The van der Waals surface area contributed by atoms with Gasteiger partial charge in [-0.15, -0.1) is 0 Å². The van der Waals surface area contributed by atoms with Gasteiger partial charge in [-0.05, 0) is 37.4 Å². The van der Waals surface area contributed by atoms with Crippen LogP contribution in [0.2, 0.25) is 0 Å². The average Bonchev–Trinajstić information content (AvgIpc) is 2.98. The van der Waals surface area contributed by atoms with E-state index in [4.69, 9.17) is 14.9 Å². The van der Waals surface area contributed by atoms with E-state index in [1.807, 2.05) is 43.4 Å². The van der Waals surface area contributed by atoms with Crippen LogP contribution in [0.4, 0.5) is 0 Å². The van der Waals surface area contributed by atoms with Crippen molar-refractivity contribution >= 4 is 0 Å². The van der Waals surface area contributed by atoms with Crippen molar-refractivity contribution in [1.29, 1.82) is 0 Å². The molecule has 1 aromatic heterocycles. The van der Waals surface area contributed by atoms with Crippen molar-refractivity contribution in [3.63, 3.8) is 0 Å². The minimum absolute atomic E-state index is 0.364. The molecule has 0 amide bonds. The lowest BCUT2D eigenvalue weighted by Crippen LogP contribution is -2.23. The fourth-order valence-corrected chi connectivity index (χ4v) is 1.88. The van der Waals surface area contributed by atoms with E-state index in [0.29, 0.717) is 13.2 Å². The summed E-state index contributed by atoms with van der Waals surface area (Å²) >= 11 is 0. The zero-order valence-corrected chi connectivity index (χ0v) is 12.2. The van der Waals surface area contributed by atoms with E-state index in [-0.39, 0.29) is 0 Å². The minimum atomic E-state index is 0.364. The molecule has 1 aromatic carbocycles. The number of furan rings is 1. The van der Waals surface area contributed by atoms with E-state index < -0.39 is 0 Å². The van der Waals surface area contributed by atoms with E-state index in [9.17, 15) is 0 Å². The fourth-order valence-electron chi connectivity index (χ4n) is 1.88. The monoisotopic (exact) mass is 284 g/mol. The van der Waals surface area contributed by atoms with Crippen LogP contribution < -0.4 is 10.5 Å². The molecular weight excluding hydrogens is 264 g/mol. The molecule has 0 fully saturated rings. The maximum atomic E-state index is 5.75. The van der Waals surface area contributed by atoms with Crippen LogP contribution in [0.3, 0.4) is 0 Å². The van der Waals surface area contributed by atoms with Gasteiger partial charge in [-0.25, -0.2) is 0 Å². The highest BCUT2D eigenvalue weighted by molar-refractivity contribution is 5.39. The van der Waals surface area contributed by atoms with Gasteiger partial charge in [0.1, 0.15) is 18.1 Å². The second-order valence-electron chi connectivity index (χ2n) is 4.70. The third-order valence-corrected chi connectivity index (χ3v) is 2.92. The van der Waals surface area contributed by atoms with Crippen LogP contribution in [0.25, 0.3) is 0 Å². The molecule has 2 rings (SSSR count). The number of hydrogen-bond donors (Lipinski definition) is 1. The van der Waals surface area contributed by atoms with Gasteiger partial charge in [0.25, 0.3) is 0 Å². The molecule has 0 atom stereocenters. The maximum Gasteiger partial charge on any atom is 0.120 e. The Morgan fingerprint density at radius 3 is 2.95 bits per heavy atom. The number of benzene rings is 1. The third kappa shape index (κ3) is 5.35. The molecule has 2 aromatic rings. The van der Waals surface area contributed by atoms with Crippen LogP contribution in [0, 0.1) is 11.8 Å². The van der Waals surface area contributed by atoms with E-state index in [0.717, 1.165) is 30.2 Å². The first-order valence-corrected chi connectivity index (χ1v) is 6.90. The van der Waals surface area contributed by atoms with Gasteiger partial charge in [0.15, 0.2) is 0 Å². The highest BCUT2D eigenvalue weighted by Crippen LogP contribution is 2.12. The molecular formula is C17H20N2O2. The summed E-state index contributed by atoms with van der Waals surface area (Å²) in [5.41, 5.74) is 6.28. The van der Waals surface area contributed by atoms with Crippen LogP contribution in [0.1, 0.15) is 11.3 Å². The molecule has 0 unspecified atom stereocenters. The first-order chi connectivity index (χ1) is 10.3. The van der Waals surface area contributed by atoms with Gasteiger partial charge in [0.2, 0.25) is 0 Å². The van der Waals surface area contributed by atoms with Gasteiger partial charge in [0, 0.05) is 12.1 Å². The van der Waals surface area contributed by atoms with Crippen molar-refractivity contribution < 1.29 is 9.15 Å². The van der Waals surface area contributed by atoms with Crippen LogP contribution in [0.15, 0.2) is 47.1 Å². The Balaban J connectivity index is 1.77. The Bertz CT molecular complexity index is 597. The standard InChI is InChI=1S/C17H20N2O2/c1-19(14-17-8-4-11-20-17)10-12-21-16-7-2-5-15(13-16)6-3-9-18/h2,4-5,7-8,11,13H,9-10,12,14,18H2,1H3. The largest absolute Gasteiger partial charge is 0.492 e. The number of nitrogens with two attached hydrogens (primary N) is 1. The van der Waals surface area contributed by atoms with Crippen molar-refractivity contribution in [2.45, 2.75) is 6.54 Å². The zero-order chi connectivity index (χ0) is 14.9. The minimum Gasteiger partial charge on any atom is -0.492 e. The maximum absolute atomic E-state index is 5.75. The Morgan fingerprint density at radius 1 is 1.29 bits per heavy atom. The molecule has 0 saturated heterocycles. The number of ether oxygens (including phenoxy) is 1. The normalized spacial score (nSPS) is 10.2. The van der Waals surface area contributed by atoms with E-state index >= 15 is 0 Å². The highest BCUT2D eigenvalue weighted by atomic mass is 16.5. The first kappa shape index (κ1) is 15.2. The topological polar surface area (TPSA) is 51.6 Å². The first-order valence-electron chi connectivity index (χ1n) is 6.90. The molecule has 0 radical (unpaired) electrons. The molecule has 0 aliphatic carbocycles. The van der Waals surface area contributed by atoms with Crippen molar-refractivity contribution in [3.05, 3.63) is 54.0 Å². The average molecular weight is 284 g/mol. The Morgan fingerprint density at radius 2 is 2.19 bits per heavy atom. The van der Waals surface area contributed by atoms with E-state index in [1.165, 1.54) is 0 Å². The smallest absolute Gasteiger partial charge is 0.120 e. The Kier molecular flexibility index (Phi) is 5.89. The second kappa shape index (κ2) is 8.15. The van der Waals surface area contributed by atoms with Gasteiger partial charge in [-0.3, -0.25) is 4.90 Å². The molecule has 0 spiro atoms. The van der Waals surface area contributed by atoms with Crippen molar-refractivity contribution in [3.8, 4) is 17.6 Å². The summed E-state index contributed by atoms with van der Waals surface area (Å²) in [5, 5.41) is 0. The molecule has 0 aliphatic rings. The third-order valence-electron chi connectivity index (χ3n) is 2.92. The summed E-state index contributed by atoms with van der Waals surface area (Å²) in [6, 6.07) is 11.6. The van der Waals surface area contributed by atoms with Crippen molar-refractivity contribution in [2.75, 3.05) is 26.7 Å². The van der Waals surface area contributed by atoms with Gasteiger partial charge >= 0.3 is 0 Å². The molecule has 0 bridgehead atoms. The number of rotatable bonds is 6. The lowest BCUT2D eigenvalue weighted by atomic mass is 10.2. The van der Waals surface area contributed by atoms with Gasteiger partial charge < -0.3 is 14.9 Å². The molecule has 2 N–H and O–H groups in total. The summed E-state index contributed by atoms with van der Waals surface area (Å²) < 4.78 is 11.1. The van der Waals surface area contributed by atoms with Crippen molar-refractivity contribution in [2.24, 2.45) is 5.73 Å². The lowest BCUT2D eigenvalue weighted by Gasteiger charge is -2.15. The Labute approximate surface area is 125 Å². The summed E-state index contributed by atoms with van der Waals surface area (Å²) in [6.45, 7) is 2.57. The SMILES string of the molecule is CN(CCOc1cccc(C#CCN)c1)Cc1ccco1. The molecule has 4 heteroatoms. The van der Waals surface area contributed by atoms with Gasteiger partial charge in [0.05, 0.1) is 19.4 Å². The lowest BCUT2D eigenvalue weighted by molar-refractivity contribution is 0.222. The summed E-state index contributed by atoms with van der Waals surface area (Å²) in [7, 11) is 2.04. The predicted molar refractivity (Wildman–Crippen MR) is 82.9 cm³/mol. The molecule has 0 aliphatic heterocycles.